The maximum Gasteiger partial charge on any atom is 0.247 e. The van der Waals surface area contributed by atoms with E-state index in [9.17, 15) is 9.59 Å². The summed E-state index contributed by atoms with van der Waals surface area (Å²) < 4.78 is 9.73. The minimum atomic E-state index is -0.624. The Labute approximate surface area is 188 Å². The van der Waals surface area contributed by atoms with Crippen LogP contribution in [0.2, 0.25) is 0 Å². The second-order valence-electron chi connectivity index (χ2n) is 6.95. The smallest absolute Gasteiger partial charge is 0.247 e. The number of amides is 1. The van der Waals surface area contributed by atoms with Gasteiger partial charge in [-0.25, -0.2) is 4.72 Å². The molecule has 0 saturated heterocycles. The molecule has 0 bridgehead atoms. The summed E-state index contributed by atoms with van der Waals surface area (Å²) >= 11 is 2.41. The van der Waals surface area contributed by atoms with Gasteiger partial charge in [-0.1, -0.05) is 54.1 Å². The predicted molar refractivity (Wildman–Crippen MR) is 128 cm³/mol. The standard InChI is InChI=1S/C24H20N2O3S2/c1-16-7-11-20(12-8-16)29-31-26-23(17-5-3-2-4-6-17)24(28)25-19-10-9-18-13-21(15-27)30-22(18)14-19/h2-15,23,26H,1H3,(H,25,28). The van der Waals surface area contributed by atoms with E-state index in [1.54, 1.807) is 0 Å². The molecule has 1 aromatic heterocycles. The number of carbonyl (C=O) groups excluding carboxylic acids is 2. The maximum atomic E-state index is 13.1. The van der Waals surface area contributed by atoms with E-state index in [1.807, 2.05) is 85.8 Å². The van der Waals surface area contributed by atoms with E-state index < -0.39 is 6.04 Å². The summed E-state index contributed by atoms with van der Waals surface area (Å²) in [5.41, 5.74) is 2.64. The van der Waals surface area contributed by atoms with E-state index in [0.717, 1.165) is 39.7 Å². The molecule has 3 aromatic carbocycles. The number of aldehydes is 1. The third kappa shape index (κ3) is 5.32. The van der Waals surface area contributed by atoms with Gasteiger partial charge in [-0.2, -0.15) is 0 Å². The number of carbonyl (C=O) groups is 2. The fourth-order valence-electron chi connectivity index (χ4n) is 3.03. The Balaban J connectivity index is 1.48. The van der Waals surface area contributed by atoms with Crippen LogP contribution in [0.25, 0.3) is 10.1 Å². The fraction of sp³-hybridized carbons (Fsp3) is 0.0833. The van der Waals surface area contributed by atoms with Crippen LogP contribution in [0, 0.1) is 6.92 Å². The Morgan fingerprint density at radius 3 is 2.55 bits per heavy atom. The molecule has 5 nitrogen and oxygen atoms in total. The lowest BCUT2D eigenvalue weighted by Gasteiger charge is -2.18. The highest BCUT2D eigenvalue weighted by Crippen LogP contribution is 2.28. The van der Waals surface area contributed by atoms with Gasteiger partial charge in [0.15, 0.2) is 6.29 Å². The summed E-state index contributed by atoms with van der Waals surface area (Å²) in [5.74, 6) is 0.488. The summed E-state index contributed by atoms with van der Waals surface area (Å²) in [6, 6.07) is 24.0. The summed E-state index contributed by atoms with van der Waals surface area (Å²) in [4.78, 5) is 24.8. The van der Waals surface area contributed by atoms with Gasteiger partial charge in [-0.05, 0) is 48.2 Å². The van der Waals surface area contributed by atoms with Crippen LogP contribution in [0.5, 0.6) is 5.75 Å². The van der Waals surface area contributed by atoms with Crippen LogP contribution in [-0.2, 0) is 4.79 Å². The monoisotopic (exact) mass is 448 g/mol. The molecule has 2 N–H and O–H groups in total. The molecule has 31 heavy (non-hydrogen) atoms. The molecule has 1 amide bonds. The largest absolute Gasteiger partial charge is 0.410 e. The Morgan fingerprint density at radius 2 is 1.81 bits per heavy atom. The van der Waals surface area contributed by atoms with Crippen molar-refractivity contribution >= 4 is 51.5 Å². The number of aryl methyl sites for hydroxylation is 1. The number of hydrogen-bond donors (Lipinski definition) is 2. The highest BCUT2D eigenvalue weighted by Gasteiger charge is 2.21. The number of hydrogen-bond acceptors (Lipinski definition) is 6. The van der Waals surface area contributed by atoms with Crippen LogP contribution < -0.4 is 14.2 Å². The average Bonchev–Trinajstić information content (AvgIpc) is 3.21. The van der Waals surface area contributed by atoms with Gasteiger partial charge in [0.2, 0.25) is 5.91 Å². The first-order valence-corrected chi connectivity index (χ1v) is 11.2. The number of benzene rings is 3. The van der Waals surface area contributed by atoms with Crippen LogP contribution in [0.1, 0.15) is 26.8 Å². The summed E-state index contributed by atoms with van der Waals surface area (Å²) in [5, 5.41) is 3.94. The molecule has 1 heterocycles. The lowest BCUT2D eigenvalue weighted by Crippen LogP contribution is -2.29. The van der Waals surface area contributed by atoms with Crippen molar-refractivity contribution in [2.75, 3.05) is 5.32 Å². The molecule has 0 fully saturated rings. The van der Waals surface area contributed by atoms with E-state index in [-0.39, 0.29) is 5.91 Å². The lowest BCUT2D eigenvalue weighted by atomic mass is 10.1. The highest BCUT2D eigenvalue weighted by atomic mass is 32.2. The van der Waals surface area contributed by atoms with Crippen LogP contribution in [-0.4, -0.2) is 12.2 Å². The van der Waals surface area contributed by atoms with Crippen molar-refractivity contribution in [2.45, 2.75) is 13.0 Å². The zero-order valence-corrected chi connectivity index (χ0v) is 18.3. The van der Waals surface area contributed by atoms with Gasteiger partial charge in [0.05, 0.1) is 4.88 Å². The van der Waals surface area contributed by atoms with Crippen molar-refractivity contribution in [1.29, 1.82) is 0 Å². The van der Waals surface area contributed by atoms with Gasteiger partial charge in [0, 0.05) is 10.4 Å². The van der Waals surface area contributed by atoms with Crippen molar-refractivity contribution in [3.63, 3.8) is 0 Å². The van der Waals surface area contributed by atoms with Crippen molar-refractivity contribution < 1.29 is 13.8 Å². The van der Waals surface area contributed by atoms with Gasteiger partial charge < -0.3 is 9.50 Å². The molecule has 0 aliphatic heterocycles. The molecule has 4 aromatic rings. The van der Waals surface area contributed by atoms with Crippen molar-refractivity contribution in [3.8, 4) is 5.75 Å². The molecule has 0 saturated carbocycles. The minimum absolute atomic E-state index is 0.210. The van der Waals surface area contributed by atoms with E-state index in [1.165, 1.54) is 11.3 Å². The molecule has 156 valence electrons. The molecule has 4 rings (SSSR count). The zero-order chi connectivity index (χ0) is 21.6. The molecule has 0 radical (unpaired) electrons. The third-order valence-electron chi connectivity index (χ3n) is 4.64. The molecule has 1 unspecified atom stereocenters. The van der Waals surface area contributed by atoms with Crippen molar-refractivity contribution in [2.24, 2.45) is 0 Å². The molecular weight excluding hydrogens is 428 g/mol. The third-order valence-corrected chi connectivity index (χ3v) is 6.27. The SMILES string of the molecule is Cc1ccc(OSNC(C(=O)Nc2ccc3cc(C=O)sc3c2)c2ccccc2)cc1. The summed E-state index contributed by atoms with van der Waals surface area (Å²) in [7, 11) is 0. The first-order chi connectivity index (χ1) is 15.1. The van der Waals surface area contributed by atoms with Gasteiger partial charge in [-0.15, -0.1) is 11.3 Å². The molecule has 7 heteroatoms. The van der Waals surface area contributed by atoms with E-state index in [0.29, 0.717) is 16.3 Å². The van der Waals surface area contributed by atoms with E-state index in [4.69, 9.17) is 4.18 Å². The predicted octanol–water partition coefficient (Wildman–Crippen LogP) is 5.93. The Bertz CT molecular complexity index is 1190. The number of rotatable bonds is 8. The molecule has 0 aliphatic carbocycles. The Morgan fingerprint density at radius 1 is 1.03 bits per heavy atom. The quantitative estimate of drug-likeness (QED) is 0.199. The number of nitrogens with one attached hydrogen (secondary N) is 2. The number of anilines is 1. The highest BCUT2D eigenvalue weighted by molar-refractivity contribution is 7.93. The Kier molecular flexibility index (Phi) is 6.66. The molecule has 0 spiro atoms. The number of thiophene rings is 1. The topological polar surface area (TPSA) is 67.4 Å². The van der Waals surface area contributed by atoms with Crippen LogP contribution in [0.15, 0.2) is 78.9 Å². The molecule has 0 aliphatic rings. The second kappa shape index (κ2) is 9.78. The first kappa shape index (κ1) is 21.1. The zero-order valence-electron chi connectivity index (χ0n) is 16.7. The molecular formula is C24H20N2O3S2. The van der Waals surface area contributed by atoms with Crippen molar-refractivity contribution in [3.05, 3.63) is 94.9 Å². The average molecular weight is 449 g/mol. The second-order valence-corrected chi connectivity index (χ2v) is 8.63. The first-order valence-electron chi connectivity index (χ1n) is 9.63. The maximum absolute atomic E-state index is 13.1. The van der Waals surface area contributed by atoms with Gasteiger partial charge in [0.1, 0.15) is 24.0 Å². The minimum Gasteiger partial charge on any atom is -0.410 e. The van der Waals surface area contributed by atoms with Gasteiger partial charge in [0.25, 0.3) is 0 Å². The van der Waals surface area contributed by atoms with E-state index >= 15 is 0 Å². The normalized spacial score (nSPS) is 11.8. The van der Waals surface area contributed by atoms with Gasteiger partial charge >= 0.3 is 0 Å². The van der Waals surface area contributed by atoms with Crippen LogP contribution in [0.3, 0.4) is 0 Å². The van der Waals surface area contributed by atoms with Crippen molar-refractivity contribution in [1.82, 2.24) is 4.72 Å². The Hall–Kier alpha value is -3.13. The lowest BCUT2D eigenvalue weighted by molar-refractivity contribution is -0.117. The summed E-state index contributed by atoms with van der Waals surface area (Å²) in [6.45, 7) is 2.01. The van der Waals surface area contributed by atoms with Crippen LogP contribution >= 0.6 is 23.6 Å². The fourth-order valence-corrected chi connectivity index (χ4v) is 4.55. The van der Waals surface area contributed by atoms with Crippen LogP contribution in [0.4, 0.5) is 5.69 Å². The van der Waals surface area contributed by atoms with E-state index in [2.05, 4.69) is 10.0 Å². The molecule has 1 atom stereocenters. The van der Waals surface area contributed by atoms with Gasteiger partial charge in [-0.3, -0.25) is 9.59 Å². The number of fused-ring (bicyclic) bond motifs is 1. The summed E-state index contributed by atoms with van der Waals surface area (Å²) in [6.07, 6.45) is 0.837.